The molecule has 0 heterocycles. The zero-order valence-corrected chi connectivity index (χ0v) is 11.7. The molecule has 0 aromatic heterocycles. The number of hydrogen-bond donors (Lipinski definition) is 2. The summed E-state index contributed by atoms with van der Waals surface area (Å²) in [5.74, 6) is 0.830. The molecule has 0 amide bonds. The monoisotopic (exact) mass is 267 g/mol. The number of nitrogens with one attached hydrogen (secondary N) is 1. The van der Waals surface area contributed by atoms with Gasteiger partial charge in [0.05, 0.1) is 0 Å². The van der Waals surface area contributed by atoms with Crippen LogP contribution in [-0.4, -0.2) is 11.7 Å². The van der Waals surface area contributed by atoms with Crippen molar-refractivity contribution < 1.29 is 5.11 Å². The Kier molecular flexibility index (Phi) is 4.03. The molecule has 2 aromatic rings. The molecule has 1 aliphatic carbocycles. The maximum atomic E-state index is 8.89. The topological polar surface area (TPSA) is 32.3 Å². The van der Waals surface area contributed by atoms with E-state index in [0.717, 1.165) is 24.6 Å². The van der Waals surface area contributed by atoms with Crippen LogP contribution in [0.5, 0.6) is 0 Å². The lowest BCUT2D eigenvalue weighted by Gasteiger charge is -2.08. The summed E-state index contributed by atoms with van der Waals surface area (Å²) in [6.07, 6.45) is 3.44. The summed E-state index contributed by atoms with van der Waals surface area (Å²) in [5, 5.41) is 12.3. The number of hydrogen-bond acceptors (Lipinski definition) is 2. The van der Waals surface area contributed by atoms with Crippen molar-refractivity contribution in [2.45, 2.75) is 31.7 Å². The van der Waals surface area contributed by atoms with E-state index in [1.165, 1.54) is 29.5 Å². The Morgan fingerprint density at radius 3 is 2.15 bits per heavy atom. The molecule has 2 aromatic carbocycles. The van der Waals surface area contributed by atoms with Gasteiger partial charge in [-0.05, 0) is 54.0 Å². The summed E-state index contributed by atoms with van der Waals surface area (Å²) in [5.41, 5.74) is 5.10. The molecule has 20 heavy (non-hydrogen) atoms. The van der Waals surface area contributed by atoms with Crippen LogP contribution in [0.25, 0.3) is 0 Å². The van der Waals surface area contributed by atoms with Crippen LogP contribution >= 0.6 is 0 Å². The fraction of sp³-hybridized carbons (Fsp3) is 0.333. The molecule has 3 rings (SSSR count). The summed E-state index contributed by atoms with van der Waals surface area (Å²) in [6, 6.07) is 17.2. The second-order valence-electron chi connectivity index (χ2n) is 5.54. The van der Waals surface area contributed by atoms with Crippen molar-refractivity contribution in [3.8, 4) is 0 Å². The van der Waals surface area contributed by atoms with Gasteiger partial charge in [0, 0.05) is 18.8 Å². The van der Waals surface area contributed by atoms with Gasteiger partial charge < -0.3 is 10.4 Å². The fourth-order valence-corrected chi connectivity index (χ4v) is 2.45. The van der Waals surface area contributed by atoms with Crippen molar-refractivity contribution >= 4 is 5.69 Å². The van der Waals surface area contributed by atoms with Gasteiger partial charge in [-0.15, -0.1) is 0 Å². The number of anilines is 1. The highest BCUT2D eigenvalue weighted by Gasteiger charge is 2.22. The van der Waals surface area contributed by atoms with Crippen molar-refractivity contribution in [3.63, 3.8) is 0 Å². The van der Waals surface area contributed by atoms with E-state index in [4.69, 9.17) is 5.11 Å². The Morgan fingerprint density at radius 1 is 0.900 bits per heavy atom. The first-order valence-electron chi connectivity index (χ1n) is 7.37. The Bertz CT molecular complexity index is 541. The Hall–Kier alpha value is -1.80. The third-order valence-corrected chi connectivity index (χ3v) is 3.88. The van der Waals surface area contributed by atoms with E-state index >= 15 is 0 Å². The molecule has 2 nitrogen and oxygen atoms in total. The number of aliphatic hydroxyl groups is 1. The molecule has 0 aliphatic heterocycles. The van der Waals surface area contributed by atoms with E-state index in [1.807, 2.05) is 0 Å². The number of aliphatic hydroxyl groups excluding tert-OH is 1. The molecule has 0 radical (unpaired) electrons. The second kappa shape index (κ2) is 6.10. The molecule has 0 saturated heterocycles. The van der Waals surface area contributed by atoms with E-state index in [9.17, 15) is 0 Å². The zero-order chi connectivity index (χ0) is 13.8. The molecule has 2 N–H and O–H groups in total. The minimum Gasteiger partial charge on any atom is -0.396 e. The van der Waals surface area contributed by atoms with Crippen molar-refractivity contribution in [2.75, 3.05) is 11.9 Å². The molecule has 2 heteroatoms. The maximum Gasteiger partial charge on any atom is 0.0471 e. The standard InChI is InChI=1S/C18H21NO/c20-12-11-14-3-9-18(10-4-14)19-13-15-1-5-16(6-2-15)17-7-8-17/h1-6,9-10,17,19-20H,7-8,11-13H2. The van der Waals surface area contributed by atoms with Crippen LogP contribution < -0.4 is 5.32 Å². The van der Waals surface area contributed by atoms with Crippen LogP contribution in [0, 0.1) is 0 Å². The highest BCUT2D eigenvalue weighted by Crippen LogP contribution is 2.39. The van der Waals surface area contributed by atoms with Crippen LogP contribution in [0.1, 0.15) is 35.4 Å². The van der Waals surface area contributed by atoms with Gasteiger partial charge >= 0.3 is 0 Å². The van der Waals surface area contributed by atoms with Crippen LogP contribution in [0.4, 0.5) is 5.69 Å². The van der Waals surface area contributed by atoms with Crippen molar-refractivity contribution in [3.05, 3.63) is 65.2 Å². The average molecular weight is 267 g/mol. The van der Waals surface area contributed by atoms with Crippen molar-refractivity contribution in [2.24, 2.45) is 0 Å². The molecule has 1 aliphatic rings. The molecule has 0 unspecified atom stereocenters. The third kappa shape index (κ3) is 3.40. The van der Waals surface area contributed by atoms with Gasteiger partial charge in [-0.2, -0.15) is 0 Å². The largest absolute Gasteiger partial charge is 0.396 e. The van der Waals surface area contributed by atoms with Crippen molar-refractivity contribution in [1.29, 1.82) is 0 Å². The average Bonchev–Trinajstić information content (AvgIpc) is 3.32. The summed E-state index contributed by atoms with van der Waals surface area (Å²) in [6.45, 7) is 1.06. The highest BCUT2D eigenvalue weighted by atomic mass is 16.2. The number of benzene rings is 2. The smallest absolute Gasteiger partial charge is 0.0471 e. The first-order valence-corrected chi connectivity index (χ1v) is 7.37. The predicted molar refractivity (Wildman–Crippen MR) is 83.0 cm³/mol. The van der Waals surface area contributed by atoms with Crippen molar-refractivity contribution in [1.82, 2.24) is 0 Å². The molecule has 1 fully saturated rings. The van der Waals surface area contributed by atoms with Gasteiger partial charge in [0.15, 0.2) is 0 Å². The molecule has 1 saturated carbocycles. The lowest BCUT2D eigenvalue weighted by molar-refractivity contribution is 0.299. The lowest BCUT2D eigenvalue weighted by Crippen LogP contribution is -2.00. The molecular formula is C18H21NO. The van der Waals surface area contributed by atoms with Gasteiger partial charge in [0.1, 0.15) is 0 Å². The first kappa shape index (κ1) is 13.2. The SMILES string of the molecule is OCCc1ccc(NCc2ccc(C3CC3)cc2)cc1. The molecular weight excluding hydrogens is 246 g/mol. The van der Waals surface area contributed by atoms with Gasteiger partial charge in [0.2, 0.25) is 0 Å². The lowest BCUT2D eigenvalue weighted by atomic mass is 10.1. The van der Waals surface area contributed by atoms with E-state index < -0.39 is 0 Å². The van der Waals surface area contributed by atoms with Gasteiger partial charge in [-0.1, -0.05) is 36.4 Å². The second-order valence-corrected chi connectivity index (χ2v) is 5.54. The van der Waals surface area contributed by atoms with E-state index in [2.05, 4.69) is 53.8 Å². The Labute approximate surface area is 120 Å². The predicted octanol–water partition coefficient (Wildman–Crippen LogP) is 3.71. The normalized spacial score (nSPS) is 14.2. The summed E-state index contributed by atoms with van der Waals surface area (Å²) in [4.78, 5) is 0. The van der Waals surface area contributed by atoms with Gasteiger partial charge in [-0.25, -0.2) is 0 Å². The summed E-state index contributed by atoms with van der Waals surface area (Å²) >= 11 is 0. The Morgan fingerprint density at radius 2 is 1.55 bits per heavy atom. The van der Waals surface area contributed by atoms with Crippen LogP contribution in [-0.2, 0) is 13.0 Å². The minimum absolute atomic E-state index is 0.208. The fourth-order valence-electron chi connectivity index (χ4n) is 2.45. The van der Waals surface area contributed by atoms with Gasteiger partial charge in [0.25, 0.3) is 0 Å². The minimum atomic E-state index is 0.208. The molecule has 0 atom stereocenters. The highest BCUT2D eigenvalue weighted by molar-refractivity contribution is 5.45. The van der Waals surface area contributed by atoms with Crippen LogP contribution in [0.15, 0.2) is 48.5 Å². The maximum absolute atomic E-state index is 8.89. The van der Waals surface area contributed by atoms with Crippen LogP contribution in [0.3, 0.4) is 0 Å². The summed E-state index contributed by atoms with van der Waals surface area (Å²) < 4.78 is 0. The Balaban J connectivity index is 1.55. The molecule has 0 bridgehead atoms. The molecule has 104 valence electrons. The van der Waals surface area contributed by atoms with E-state index in [-0.39, 0.29) is 6.61 Å². The first-order chi connectivity index (χ1) is 9.85. The quantitative estimate of drug-likeness (QED) is 0.836. The summed E-state index contributed by atoms with van der Waals surface area (Å²) in [7, 11) is 0. The zero-order valence-electron chi connectivity index (χ0n) is 11.7. The van der Waals surface area contributed by atoms with E-state index in [0.29, 0.717) is 0 Å². The van der Waals surface area contributed by atoms with E-state index in [1.54, 1.807) is 0 Å². The van der Waals surface area contributed by atoms with Gasteiger partial charge in [-0.3, -0.25) is 0 Å². The third-order valence-electron chi connectivity index (χ3n) is 3.88. The van der Waals surface area contributed by atoms with Crippen LogP contribution in [0.2, 0.25) is 0 Å². The number of rotatable bonds is 6. The molecule has 0 spiro atoms.